The molecule has 0 saturated heterocycles. The van der Waals surface area contributed by atoms with Gasteiger partial charge in [-0.2, -0.15) is 15.1 Å². The predicted molar refractivity (Wildman–Crippen MR) is 133 cm³/mol. The van der Waals surface area contributed by atoms with Crippen LogP contribution >= 0.6 is 19.3 Å². The Balaban J connectivity index is 1.47. The summed E-state index contributed by atoms with van der Waals surface area (Å²) >= 11 is 5.92. The molecule has 0 amide bonds. The number of benzene rings is 1. The van der Waals surface area contributed by atoms with Gasteiger partial charge in [0.25, 0.3) is 0 Å². The van der Waals surface area contributed by atoms with Crippen molar-refractivity contribution in [3.8, 4) is 11.6 Å². The Morgan fingerprint density at radius 3 is 2.72 bits per heavy atom. The van der Waals surface area contributed by atoms with Gasteiger partial charge in [-0.3, -0.25) is 9.32 Å². The Bertz CT molecular complexity index is 1320. The molecule has 0 spiro atoms. The maximum atomic E-state index is 13.6. The molecule has 36 heavy (non-hydrogen) atoms. The lowest BCUT2D eigenvalue weighted by Gasteiger charge is -2.24. The summed E-state index contributed by atoms with van der Waals surface area (Å²) in [5.41, 5.74) is 6.86. The number of rotatable bonds is 10. The van der Waals surface area contributed by atoms with Gasteiger partial charge in [-0.1, -0.05) is 23.8 Å². The quantitative estimate of drug-likeness (QED) is 0.222. The van der Waals surface area contributed by atoms with Gasteiger partial charge in [-0.05, 0) is 37.6 Å². The zero-order chi connectivity index (χ0) is 25.9. The van der Waals surface area contributed by atoms with Crippen molar-refractivity contribution in [1.82, 2.24) is 24.6 Å². The Morgan fingerprint density at radius 1 is 1.28 bits per heavy atom. The normalized spacial score (nSPS) is 19.7. The van der Waals surface area contributed by atoms with Gasteiger partial charge >= 0.3 is 13.7 Å². The first-order valence-corrected chi connectivity index (χ1v) is 12.9. The molecule has 0 fully saturated rings. The van der Waals surface area contributed by atoms with Crippen LogP contribution in [0.3, 0.4) is 0 Å². The molecule has 12 nitrogen and oxygen atoms in total. The van der Waals surface area contributed by atoms with E-state index in [0.29, 0.717) is 28.5 Å². The van der Waals surface area contributed by atoms with E-state index in [0.717, 1.165) is 0 Å². The molecule has 0 aliphatic heterocycles. The molecule has 0 bridgehead atoms. The second-order valence-corrected chi connectivity index (χ2v) is 10.2. The van der Waals surface area contributed by atoms with Crippen molar-refractivity contribution < 1.29 is 27.9 Å². The molecule has 2 heterocycles. The first-order chi connectivity index (χ1) is 17.2. The molecule has 1 aliphatic rings. The van der Waals surface area contributed by atoms with Crippen LogP contribution in [0.15, 0.2) is 42.7 Å². The minimum atomic E-state index is -3.97. The van der Waals surface area contributed by atoms with Crippen molar-refractivity contribution in [1.29, 1.82) is 0 Å². The van der Waals surface area contributed by atoms with Crippen LogP contribution in [0, 0.1) is 5.92 Å². The number of nitrogens with zero attached hydrogens (tertiary/aromatic N) is 4. The number of ether oxygens (including phenoxy) is 2. The smallest absolute Gasteiger partial charge is 0.459 e. The Morgan fingerprint density at radius 2 is 2.03 bits per heavy atom. The van der Waals surface area contributed by atoms with Gasteiger partial charge in [-0.15, -0.1) is 0 Å². The molecule has 4 atom stereocenters. The lowest BCUT2D eigenvalue weighted by atomic mass is 10.1. The highest BCUT2D eigenvalue weighted by atomic mass is 35.5. The molecule has 3 aromatic rings. The van der Waals surface area contributed by atoms with Crippen LogP contribution in [-0.4, -0.2) is 52.4 Å². The van der Waals surface area contributed by atoms with E-state index in [1.165, 1.54) is 21.1 Å². The van der Waals surface area contributed by atoms with Gasteiger partial charge in [0.1, 0.15) is 11.8 Å². The Hall–Kier alpha value is -3.18. The van der Waals surface area contributed by atoms with E-state index >= 15 is 0 Å². The summed E-state index contributed by atoms with van der Waals surface area (Å²) in [4.78, 5) is 24.6. The molecule has 2 aromatic heterocycles. The molecule has 4 rings (SSSR count). The number of fused-ring (bicyclic) bond motifs is 1. The van der Waals surface area contributed by atoms with Crippen LogP contribution < -0.4 is 20.1 Å². The number of nitrogens with two attached hydrogens (primary N) is 1. The maximum Gasteiger partial charge on any atom is 0.459 e. The number of allylic oxidation sites excluding steroid dienone is 1. The minimum Gasteiger partial charge on any atom is -0.479 e. The number of carbonyl (C=O) groups is 1. The number of esters is 1. The average Bonchev–Trinajstić information content (AvgIpc) is 3.50. The molecule has 14 heteroatoms. The first kappa shape index (κ1) is 25.9. The van der Waals surface area contributed by atoms with E-state index in [-0.39, 0.29) is 30.3 Å². The van der Waals surface area contributed by atoms with Gasteiger partial charge in [0.15, 0.2) is 11.2 Å². The van der Waals surface area contributed by atoms with Crippen LogP contribution in [-0.2, 0) is 18.6 Å². The van der Waals surface area contributed by atoms with Crippen LogP contribution in [0.2, 0.25) is 5.02 Å². The zero-order valence-electron chi connectivity index (χ0n) is 19.8. The molecular formula is C22H26ClN6O6P. The van der Waals surface area contributed by atoms with E-state index in [4.69, 9.17) is 35.9 Å². The van der Waals surface area contributed by atoms with E-state index in [2.05, 4.69) is 20.0 Å². The topological polar surface area (TPSA) is 153 Å². The molecule has 3 N–H and O–H groups in total. The van der Waals surface area contributed by atoms with Crippen molar-refractivity contribution in [2.45, 2.75) is 25.4 Å². The summed E-state index contributed by atoms with van der Waals surface area (Å²) in [5.74, 6) is -0.0737. The third-order valence-electron chi connectivity index (χ3n) is 5.51. The number of nitrogens with one attached hydrogen (secondary N) is 1. The SMILES string of the molecule is COC(=O)[C@H](C)NP(=O)(OC[C@@H]1C=C[C@H](n2cnc3c(OC)nc(N)nc32)C1)Oc1ccc(Cl)cc1. The molecule has 1 aliphatic carbocycles. The summed E-state index contributed by atoms with van der Waals surface area (Å²) < 4.78 is 36.8. The molecule has 1 aromatic carbocycles. The molecule has 0 radical (unpaired) electrons. The van der Waals surface area contributed by atoms with Gasteiger partial charge in [0, 0.05) is 10.9 Å². The van der Waals surface area contributed by atoms with Gasteiger partial charge in [0.05, 0.1) is 33.2 Å². The van der Waals surface area contributed by atoms with E-state index < -0.39 is 19.8 Å². The molecular weight excluding hydrogens is 511 g/mol. The summed E-state index contributed by atoms with van der Waals surface area (Å²) in [7, 11) is -1.24. The Labute approximate surface area is 212 Å². The number of nitrogen functional groups attached to an aromatic ring is 1. The number of carbonyl (C=O) groups excluding carboxylic acids is 1. The van der Waals surface area contributed by atoms with Crippen molar-refractivity contribution in [2.75, 3.05) is 26.6 Å². The monoisotopic (exact) mass is 536 g/mol. The second kappa shape index (κ2) is 10.8. The van der Waals surface area contributed by atoms with Gasteiger partial charge in [0.2, 0.25) is 11.8 Å². The summed E-state index contributed by atoms with van der Waals surface area (Å²) in [6.07, 6.45) is 6.20. The summed E-state index contributed by atoms with van der Waals surface area (Å²) in [6, 6.07) is 5.27. The Kier molecular flexibility index (Phi) is 7.79. The van der Waals surface area contributed by atoms with Gasteiger partial charge in [-0.25, -0.2) is 9.55 Å². The average molecular weight is 537 g/mol. The fourth-order valence-corrected chi connectivity index (χ4v) is 5.43. The van der Waals surface area contributed by atoms with Gasteiger partial charge < -0.3 is 24.3 Å². The molecule has 0 saturated carbocycles. The van der Waals surface area contributed by atoms with Crippen molar-refractivity contribution >= 4 is 42.4 Å². The van der Waals surface area contributed by atoms with E-state index in [1.54, 1.807) is 30.6 Å². The predicted octanol–water partition coefficient (Wildman–Crippen LogP) is 3.54. The summed E-state index contributed by atoms with van der Waals surface area (Å²) in [6.45, 7) is 1.57. The van der Waals surface area contributed by atoms with Crippen molar-refractivity contribution in [3.63, 3.8) is 0 Å². The highest BCUT2D eigenvalue weighted by Crippen LogP contribution is 2.46. The van der Waals surface area contributed by atoms with Crippen LogP contribution in [0.1, 0.15) is 19.4 Å². The molecule has 192 valence electrons. The zero-order valence-corrected chi connectivity index (χ0v) is 21.5. The van der Waals surface area contributed by atoms with Crippen LogP contribution in [0.4, 0.5) is 5.95 Å². The third-order valence-corrected chi connectivity index (χ3v) is 7.41. The highest BCUT2D eigenvalue weighted by Gasteiger charge is 2.34. The van der Waals surface area contributed by atoms with E-state index in [1.807, 2.05) is 16.7 Å². The first-order valence-electron chi connectivity index (χ1n) is 11.0. The minimum absolute atomic E-state index is 0.0613. The number of aromatic nitrogens is 4. The number of imidazole rings is 1. The van der Waals surface area contributed by atoms with E-state index in [9.17, 15) is 9.36 Å². The fourth-order valence-electron chi connectivity index (χ4n) is 3.76. The number of hydrogen-bond acceptors (Lipinski definition) is 10. The van der Waals surface area contributed by atoms with Crippen LogP contribution in [0.25, 0.3) is 11.2 Å². The number of methoxy groups -OCH3 is 2. The molecule has 1 unspecified atom stereocenters. The standard InChI is InChI=1S/C22H26ClN6O6P/c1-13(21(30)33-3)28-36(31,35-17-8-5-15(23)6-9-17)34-11-14-4-7-16(10-14)29-12-25-18-19(29)26-22(24)27-20(18)32-2/h4-9,12-14,16H,10-11H2,1-3H3,(H,28,31)(H2,24,26,27)/t13-,14+,16-,36?/m0/s1. The lowest BCUT2D eigenvalue weighted by molar-refractivity contribution is -0.142. The number of halogens is 1. The van der Waals surface area contributed by atoms with Crippen LogP contribution in [0.5, 0.6) is 11.6 Å². The highest BCUT2D eigenvalue weighted by molar-refractivity contribution is 7.52. The lowest BCUT2D eigenvalue weighted by Crippen LogP contribution is -2.34. The number of anilines is 1. The summed E-state index contributed by atoms with van der Waals surface area (Å²) in [5, 5.41) is 3.13. The second-order valence-electron chi connectivity index (χ2n) is 8.08. The fraction of sp³-hybridized carbons (Fsp3) is 0.364. The van der Waals surface area contributed by atoms with Crippen molar-refractivity contribution in [3.05, 3.63) is 47.8 Å². The number of hydrogen-bond donors (Lipinski definition) is 2. The largest absolute Gasteiger partial charge is 0.479 e. The third kappa shape index (κ3) is 5.79. The van der Waals surface area contributed by atoms with Crippen molar-refractivity contribution in [2.24, 2.45) is 5.92 Å². The maximum absolute atomic E-state index is 13.6.